The van der Waals surface area contributed by atoms with Gasteiger partial charge in [0.05, 0.1) is 19.7 Å². The molecule has 0 aliphatic rings. The average Bonchev–Trinajstić information content (AvgIpc) is 2.68. The van der Waals surface area contributed by atoms with Gasteiger partial charge in [0, 0.05) is 6.54 Å². The molecule has 0 radical (unpaired) electrons. The molecular weight excluding hydrogens is 378 g/mol. The molecule has 0 bridgehead atoms. The summed E-state index contributed by atoms with van der Waals surface area (Å²) >= 11 is 0. The van der Waals surface area contributed by atoms with Crippen molar-refractivity contribution in [2.45, 2.75) is 39.5 Å². The van der Waals surface area contributed by atoms with Crippen LogP contribution in [0.25, 0.3) is 0 Å². The van der Waals surface area contributed by atoms with Crippen molar-refractivity contribution in [2.75, 3.05) is 20.7 Å². The molecule has 0 saturated carbocycles. The molecule has 0 fully saturated rings. The fraction of sp³-hybridized carbons (Fsp3) is 0.409. The topological polar surface area (TPSA) is 50.8 Å². The molecule has 158 valence electrons. The number of halogens is 2. The lowest BCUT2D eigenvalue weighted by Crippen LogP contribution is -2.36. The van der Waals surface area contributed by atoms with Crippen molar-refractivity contribution in [3.63, 3.8) is 0 Å². The van der Waals surface area contributed by atoms with Gasteiger partial charge >= 0.3 is 6.61 Å². The molecule has 0 saturated heterocycles. The van der Waals surface area contributed by atoms with E-state index in [1.54, 1.807) is 12.1 Å². The maximum absolute atomic E-state index is 12.4. The highest BCUT2D eigenvalue weighted by atomic mass is 19.3. The smallest absolute Gasteiger partial charge is 0.387 e. The number of hydrogen-bond acceptors (Lipinski definition) is 4. The van der Waals surface area contributed by atoms with E-state index in [4.69, 9.17) is 4.74 Å². The molecule has 2 aromatic rings. The minimum Gasteiger partial charge on any atom is -0.493 e. The summed E-state index contributed by atoms with van der Waals surface area (Å²) in [6, 6.07) is 12.9. The summed E-state index contributed by atoms with van der Waals surface area (Å²) < 4.78 is 34.4. The van der Waals surface area contributed by atoms with Crippen LogP contribution in [-0.4, -0.2) is 38.1 Å². The molecule has 1 amide bonds. The van der Waals surface area contributed by atoms with Crippen LogP contribution in [0, 0.1) is 0 Å². The largest absolute Gasteiger partial charge is 0.493 e. The number of ether oxygens (including phenoxy) is 2. The van der Waals surface area contributed by atoms with Crippen molar-refractivity contribution in [3.05, 3.63) is 59.2 Å². The van der Waals surface area contributed by atoms with Crippen LogP contribution in [0.4, 0.5) is 8.78 Å². The number of likely N-dealkylation sites (N-methyl/N-ethyl adjacent to an activating group) is 1. The number of methoxy groups -OCH3 is 1. The summed E-state index contributed by atoms with van der Waals surface area (Å²) in [6.45, 7) is 1.80. The quantitative estimate of drug-likeness (QED) is 0.644. The Hall–Kier alpha value is -2.67. The number of alkyl halides is 2. The molecule has 0 spiro atoms. The van der Waals surface area contributed by atoms with E-state index in [0.29, 0.717) is 6.54 Å². The third kappa shape index (κ3) is 7.02. The van der Waals surface area contributed by atoms with E-state index < -0.39 is 6.61 Å². The molecule has 29 heavy (non-hydrogen) atoms. The molecule has 0 aromatic heterocycles. The lowest BCUT2D eigenvalue weighted by atomic mass is 10.1. The number of nitrogens with one attached hydrogen (secondary N) is 1. The second kappa shape index (κ2) is 10.8. The molecule has 1 unspecified atom stereocenters. The predicted molar refractivity (Wildman–Crippen MR) is 108 cm³/mol. The van der Waals surface area contributed by atoms with Gasteiger partial charge in [-0.1, -0.05) is 37.3 Å². The van der Waals surface area contributed by atoms with E-state index in [1.807, 2.05) is 31.0 Å². The Morgan fingerprint density at radius 3 is 2.34 bits per heavy atom. The molecular formula is C22H28F2N2O3. The zero-order valence-electron chi connectivity index (χ0n) is 17.2. The average molecular weight is 406 g/mol. The number of carbonyl (C=O) groups is 1. The third-order valence-electron chi connectivity index (χ3n) is 4.58. The number of amides is 1. The van der Waals surface area contributed by atoms with E-state index in [9.17, 15) is 13.6 Å². The molecule has 7 heteroatoms. The van der Waals surface area contributed by atoms with E-state index in [1.165, 1.54) is 18.7 Å². The zero-order chi connectivity index (χ0) is 21.4. The van der Waals surface area contributed by atoms with Gasteiger partial charge in [-0.2, -0.15) is 8.78 Å². The summed E-state index contributed by atoms with van der Waals surface area (Å²) in [7, 11) is 3.21. The Kier molecular flexibility index (Phi) is 8.39. The summed E-state index contributed by atoms with van der Waals surface area (Å²) in [5, 5.41) is 2.99. The lowest BCUT2D eigenvalue weighted by Gasteiger charge is -2.20. The number of rotatable bonds is 10. The van der Waals surface area contributed by atoms with Crippen molar-refractivity contribution in [1.29, 1.82) is 0 Å². The highest BCUT2D eigenvalue weighted by Gasteiger charge is 2.14. The van der Waals surface area contributed by atoms with Crippen molar-refractivity contribution in [3.8, 4) is 11.5 Å². The van der Waals surface area contributed by atoms with Crippen molar-refractivity contribution >= 4 is 5.91 Å². The van der Waals surface area contributed by atoms with Crippen LogP contribution >= 0.6 is 0 Å². The fourth-order valence-corrected chi connectivity index (χ4v) is 3.03. The Morgan fingerprint density at radius 2 is 1.76 bits per heavy atom. The van der Waals surface area contributed by atoms with Crippen molar-refractivity contribution in [1.82, 2.24) is 10.2 Å². The maximum atomic E-state index is 12.4. The van der Waals surface area contributed by atoms with Gasteiger partial charge in [-0.05, 0) is 49.2 Å². The van der Waals surface area contributed by atoms with Crippen molar-refractivity contribution in [2.24, 2.45) is 0 Å². The second-order valence-corrected chi connectivity index (χ2v) is 6.92. The standard InChI is InChI=1S/C22H28F2N2O3/c1-5-16-6-9-18(10-7-16)15(2)25-21(27)14-26(3)13-17-8-11-19(29-22(23)24)20(12-17)28-4/h6-12,15,22H,5,13-14H2,1-4H3,(H,25,27). The Labute approximate surface area is 170 Å². The normalized spacial score (nSPS) is 12.1. The van der Waals surface area contributed by atoms with E-state index in [0.717, 1.165) is 17.5 Å². The number of hydrogen-bond donors (Lipinski definition) is 1. The monoisotopic (exact) mass is 406 g/mol. The van der Waals surface area contributed by atoms with Crippen LogP contribution in [0.5, 0.6) is 11.5 Å². The second-order valence-electron chi connectivity index (χ2n) is 6.92. The predicted octanol–water partition coefficient (Wildman–Crippen LogP) is 4.17. The highest BCUT2D eigenvalue weighted by molar-refractivity contribution is 5.78. The number of carbonyl (C=O) groups excluding carboxylic acids is 1. The first-order chi connectivity index (χ1) is 13.8. The van der Waals surface area contributed by atoms with Crippen LogP contribution in [0.3, 0.4) is 0 Å². The summed E-state index contributed by atoms with van der Waals surface area (Å²) in [6.07, 6.45) is 0.978. The lowest BCUT2D eigenvalue weighted by molar-refractivity contribution is -0.122. The van der Waals surface area contributed by atoms with Crippen LogP contribution in [0.1, 0.15) is 36.6 Å². The Morgan fingerprint density at radius 1 is 1.10 bits per heavy atom. The molecule has 0 aliphatic carbocycles. The van der Waals surface area contributed by atoms with Gasteiger partial charge in [-0.25, -0.2) is 0 Å². The molecule has 2 aromatic carbocycles. The van der Waals surface area contributed by atoms with Gasteiger partial charge in [-0.15, -0.1) is 0 Å². The minimum absolute atomic E-state index is 0.0189. The summed E-state index contributed by atoms with van der Waals surface area (Å²) in [5.74, 6) is 0.114. The molecule has 1 atom stereocenters. The summed E-state index contributed by atoms with van der Waals surface area (Å²) in [4.78, 5) is 14.2. The first-order valence-corrected chi connectivity index (χ1v) is 9.50. The van der Waals surface area contributed by atoms with Crippen LogP contribution < -0.4 is 14.8 Å². The number of nitrogens with zero attached hydrogens (tertiary/aromatic N) is 1. The number of aryl methyl sites for hydroxylation is 1. The molecule has 0 aliphatic heterocycles. The van der Waals surface area contributed by atoms with Crippen LogP contribution in [0.2, 0.25) is 0 Å². The highest BCUT2D eigenvalue weighted by Crippen LogP contribution is 2.29. The SMILES string of the molecule is CCc1ccc(C(C)NC(=O)CN(C)Cc2ccc(OC(F)F)c(OC)c2)cc1. The van der Waals surface area contributed by atoms with E-state index >= 15 is 0 Å². The molecule has 5 nitrogen and oxygen atoms in total. The third-order valence-corrected chi connectivity index (χ3v) is 4.58. The Balaban J connectivity index is 1.90. The van der Waals surface area contributed by atoms with Gasteiger partial charge in [0.15, 0.2) is 11.5 Å². The van der Waals surface area contributed by atoms with Gasteiger partial charge in [0.2, 0.25) is 5.91 Å². The zero-order valence-corrected chi connectivity index (χ0v) is 17.2. The van der Waals surface area contributed by atoms with Crippen molar-refractivity contribution < 1.29 is 23.0 Å². The maximum Gasteiger partial charge on any atom is 0.387 e. The van der Waals surface area contributed by atoms with Crippen LogP contribution in [-0.2, 0) is 17.8 Å². The number of benzene rings is 2. The van der Waals surface area contributed by atoms with Gasteiger partial charge in [-0.3, -0.25) is 9.69 Å². The molecule has 1 N–H and O–H groups in total. The van der Waals surface area contributed by atoms with Gasteiger partial charge < -0.3 is 14.8 Å². The van der Waals surface area contributed by atoms with Gasteiger partial charge in [0.1, 0.15) is 0 Å². The Bertz CT molecular complexity index is 797. The minimum atomic E-state index is -2.92. The van der Waals surface area contributed by atoms with E-state index in [-0.39, 0.29) is 30.0 Å². The van der Waals surface area contributed by atoms with E-state index in [2.05, 4.69) is 29.1 Å². The summed E-state index contributed by atoms with van der Waals surface area (Å²) in [5.41, 5.74) is 3.13. The van der Waals surface area contributed by atoms with Crippen LogP contribution in [0.15, 0.2) is 42.5 Å². The first-order valence-electron chi connectivity index (χ1n) is 9.50. The fourth-order valence-electron chi connectivity index (χ4n) is 3.03. The molecule has 2 rings (SSSR count). The van der Waals surface area contributed by atoms with Gasteiger partial charge in [0.25, 0.3) is 0 Å². The first kappa shape index (κ1) is 22.6. The molecule has 0 heterocycles.